The third kappa shape index (κ3) is 5.41. The minimum atomic E-state index is -0.367. The number of hydrogen-bond acceptors (Lipinski definition) is 6. The van der Waals surface area contributed by atoms with Gasteiger partial charge in [0.05, 0.1) is 25.2 Å². The fourth-order valence-corrected chi connectivity index (χ4v) is 4.16. The molecule has 0 bridgehead atoms. The van der Waals surface area contributed by atoms with Crippen LogP contribution in [0.2, 0.25) is 5.02 Å². The van der Waals surface area contributed by atoms with Crippen LogP contribution in [0.4, 0.5) is 5.69 Å². The molecule has 1 aliphatic rings. The predicted molar refractivity (Wildman–Crippen MR) is 117 cm³/mol. The van der Waals surface area contributed by atoms with Gasteiger partial charge in [0.25, 0.3) is 5.69 Å². The second-order valence-electron chi connectivity index (χ2n) is 7.69. The molecule has 0 aromatic heterocycles. The Labute approximate surface area is 181 Å². The van der Waals surface area contributed by atoms with Crippen molar-refractivity contribution in [1.29, 1.82) is 0 Å². The molecule has 2 aromatic carbocycles. The van der Waals surface area contributed by atoms with Crippen molar-refractivity contribution in [1.82, 2.24) is 4.90 Å². The second-order valence-corrected chi connectivity index (χ2v) is 8.13. The molecule has 0 radical (unpaired) electrons. The smallest absolute Gasteiger partial charge is 0.277 e. The van der Waals surface area contributed by atoms with Crippen molar-refractivity contribution in [3.8, 4) is 11.5 Å². The number of nitro groups is 1. The van der Waals surface area contributed by atoms with Gasteiger partial charge in [-0.2, -0.15) is 0 Å². The normalized spacial score (nSPS) is 19.0. The average molecular weight is 434 g/mol. The van der Waals surface area contributed by atoms with E-state index in [0.717, 1.165) is 31.2 Å². The first-order valence-corrected chi connectivity index (χ1v) is 10.4. The zero-order valence-corrected chi connectivity index (χ0v) is 18.1. The van der Waals surface area contributed by atoms with Crippen molar-refractivity contribution in [2.24, 2.45) is 5.73 Å². The summed E-state index contributed by atoms with van der Waals surface area (Å²) in [6, 6.07) is 11.4. The summed E-state index contributed by atoms with van der Waals surface area (Å²) in [5.41, 5.74) is 7.84. The number of methoxy groups -OCH3 is 2. The van der Waals surface area contributed by atoms with Crippen molar-refractivity contribution < 1.29 is 14.4 Å². The highest BCUT2D eigenvalue weighted by Crippen LogP contribution is 2.36. The molecule has 0 spiro atoms. The number of hydrogen-bond donors (Lipinski definition) is 1. The monoisotopic (exact) mass is 433 g/mol. The van der Waals surface area contributed by atoms with Crippen molar-refractivity contribution in [3.63, 3.8) is 0 Å². The summed E-state index contributed by atoms with van der Waals surface area (Å²) in [7, 11) is 3.00. The van der Waals surface area contributed by atoms with E-state index in [4.69, 9.17) is 26.8 Å². The summed E-state index contributed by atoms with van der Waals surface area (Å²) in [4.78, 5) is 13.7. The molecule has 30 heavy (non-hydrogen) atoms. The third-order valence-electron chi connectivity index (χ3n) is 5.71. The van der Waals surface area contributed by atoms with Gasteiger partial charge in [-0.3, -0.25) is 15.0 Å². The molecule has 1 aliphatic carbocycles. The molecule has 0 amide bonds. The molecule has 2 aromatic rings. The summed E-state index contributed by atoms with van der Waals surface area (Å²) >= 11 is 6.03. The van der Waals surface area contributed by atoms with Crippen LogP contribution in [-0.2, 0) is 13.1 Å². The quantitative estimate of drug-likeness (QED) is 0.485. The molecular weight excluding hydrogens is 406 g/mol. The van der Waals surface area contributed by atoms with Gasteiger partial charge in [0.15, 0.2) is 11.5 Å². The van der Waals surface area contributed by atoms with Gasteiger partial charge in [-0.05, 0) is 49.4 Å². The number of ether oxygens (including phenoxy) is 2. The lowest BCUT2D eigenvalue weighted by Gasteiger charge is -2.36. The molecule has 0 unspecified atom stereocenters. The van der Waals surface area contributed by atoms with Crippen LogP contribution >= 0.6 is 11.6 Å². The first-order chi connectivity index (χ1) is 14.4. The van der Waals surface area contributed by atoms with E-state index in [9.17, 15) is 10.1 Å². The molecule has 162 valence electrons. The van der Waals surface area contributed by atoms with E-state index in [-0.39, 0.29) is 16.7 Å². The van der Waals surface area contributed by atoms with Crippen molar-refractivity contribution in [3.05, 3.63) is 62.7 Å². The van der Waals surface area contributed by atoms with Crippen molar-refractivity contribution in [2.75, 3.05) is 14.2 Å². The molecule has 8 heteroatoms. The number of nitrogens with zero attached hydrogens (tertiary/aromatic N) is 2. The van der Waals surface area contributed by atoms with E-state index < -0.39 is 0 Å². The van der Waals surface area contributed by atoms with E-state index in [2.05, 4.69) is 4.90 Å². The maximum Gasteiger partial charge on any atom is 0.277 e. The summed E-state index contributed by atoms with van der Waals surface area (Å²) in [6.45, 7) is 1.10. The van der Waals surface area contributed by atoms with Gasteiger partial charge in [0.2, 0.25) is 0 Å². The van der Waals surface area contributed by atoms with Gasteiger partial charge in [-0.25, -0.2) is 0 Å². The molecular formula is C22H28ClN3O4. The molecule has 7 nitrogen and oxygen atoms in total. The molecule has 0 aliphatic heterocycles. The number of nitro benzene ring substituents is 1. The maximum atomic E-state index is 11.7. The van der Waals surface area contributed by atoms with E-state index in [1.54, 1.807) is 6.07 Å². The van der Waals surface area contributed by atoms with Crippen LogP contribution in [0.5, 0.6) is 11.5 Å². The Bertz CT molecular complexity index is 867. The first-order valence-electron chi connectivity index (χ1n) is 10.0. The number of rotatable bonds is 8. The Morgan fingerprint density at radius 1 is 1.07 bits per heavy atom. The highest BCUT2D eigenvalue weighted by atomic mass is 35.5. The second kappa shape index (κ2) is 10.1. The number of halogens is 1. The fourth-order valence-electron chi connectivity index (χ4n) is 4.03. The Balaban J connectivity index is 1.93. The predicted octanol–water partition coefficient (Wildman–Crippen LogP) is 4.54. The van der Waals surface area contributed by atoms with Crippen LogP contribution < -0.4 is 15.2 Å². The number of benzene rings is 2. The summed E-state index contributed by atoms with van der Waals surface area (Å²) in [5.74, 6) is 0.830. The Morgan fingerprint density at radius 2 is 1.67 bits per heavy atom. The summed E-state index contributed by atoms with van der Waals surface area (Å²) in [5, 5.41) is 12.4. The van der Waals surface area contributed by atoms with Crippen LogP contribution in [0, 0.1) is 10.1 Å². The Hall–Kier alpha value is -2.35. The molecule has 0 heterocycles. The van der Waals surface area contributed by atoms with Gasteiger partial charge < -0.3 is 15.2 Å². The van der Waals surface area contributed by atoms with Gasteiger partial charge in [0.1, 0.15) is 0 Å². The largest absolute Gasteiger partial charge is 0.493 e. The van der Waals surface area contributed by atoms with Gasteiger partial charge in [0, 0.05) is 35.8 Å². The molecule has 3 rings (SSSR count). The topological polar surface area (TPSA) is 90.9 Å². The average Bonchev–Trinajstić information content (AvgIpc) is 2.74. The Morgan fingerprint density at radius 3 is 2.23 bits per heavy atom. The minimum absolute atomic E-state index is 0.0290. The first kappa shape index (κ1) is 22.3. The van der Waals surface area contributed by atoms with E-state index in [1.807, 2.05) is 24.3 Å². The van der Waals surface area contributed by atoms with Crippen LogP contribution in [0.3, 0.4) is 0 Å². The molecule has 2 N–H and O–H groups in total. The zero-order valence-electron chi connectivity index (χ0n) is 17.3. The lowest BCUT2D eigenvalue weighted by molar-refractivity contribution is -0.385. The Kier molecular flexibility index (Phi) is 7.53. The molecule has 1 saturated carbocycles. The van der Waals surface area contributed by atoms with Gasteiger partial charge in [-0.1, -0.05) is 23.7 Å². The maximum absolute atomic E-state index is 11.7. The molecule has 1 fully saturated rings. The van der Waals surface area contributed by atoms with Crippen LogP contribution in [0.1, 0.15) is 36.8 Å². The minimum Gasteiger partial charge on any atom is -0.493 e. The van der Waals surface area contributed by atoms with Gasteiger partial charge >= 0.3 is 0 Å². The number of nitrogens with two attached hydrogens (primary N) is 1. The highest BCUT2D eigenvalue weighted by Gasteiger charge is 2.28. The standard InChI is InChI=1S/C22H28ClN3O4/c1-29-21-11-16(20(26(27)28)12-22(21)30-2)14-25(19-9-7-18(24)8-10-19)13-15-3-5-17(23)6-4-15/h3-6,11-12,18-19H,7-10,13-14,24H2,1-2H3. The highest BCUT2D eigenvalue weighted by molar-refractivity contribution is 6.30. The van der Waals surface area contributed by atoms with E-state index in [1.165, 1.54) is 20.3 Å². The van der Waals surface area contributed by atoms with E-state index >= 15 is 0 Å². The van der Waals surface area contributed by atoms with Crippen molar-refractivity contribution >= 4 is 17.3 Å². The summed E-state index contributed by atoms with van der Waals surface area (Å²) in [6.07, 6.45) is 3.84. The van der Waals surface area contributed by atoms with Crippen LogP contribution in [-0.4, -0.2) is 36.1 Å². The summed E-state index contributed by atoms with van der Waals surface area (Å²) < 4.78 is 10.6. The SMILES string of the molecule is COc1cc(CN(Cc2ccc(Cl)cc2)C2CCC(N)CC2)c([N+](=O)[O-])cc1OC. The van der Waals surface area contributed by atoms with Crippen LogP contribution in [0.25, 0.3) is 0 Å². The fraction of sp³-hybridized carbons (Fsp3) is 0.455. The lowest BCUT2D eigenvalue weighted by Crippen LogP contribution is -2.40. The van der Waals surface area contributed by atoms with E-state index in [0.29, 0.717) is 41.2 Å². The van der Waals surface area contributed by atoms with Crippen LogP contribution in [0.15, 0.2) is 36.4 Å². The molecule has 0 atom stereocenters. The molecule has 0 saturated heterocycles. The third-order valence-corrected chi connectivity index (χ3v) is 5.96. The van der Waals surface area contributed by atoms with Crippen molar-refractivity contribution in [2.45, 2.75) is 50.9 Å². The van der Waals surface area contributed by atoms with Gasteiger partial charge in [-0.15, -0.1) is 0 Å². The zero-order chi connectivity index (χ0) is 21.7. The lowest BCUT2D eigenvalue weighted by atomic mass is 9.90.